The molecule has 1 aliphatic rings. The number of aryl methyl sites for hydroxylation is 3. The van der Waals surface area contributed by atoms with Gasteiger partial charge in [0, 0.05) is 49.8 Å². The first-order valence-corrected chi connectivity index (χ1v) is 11.0. The summed E-state index contributed by atoms with van der Waals surface area (Å²) in [5.74, 6) is 0.731. The number of hydrogen-bond acceptors (Lipinski definition) is 4. The van der Waals surface area contributed by atoms with Gasteiger partial charge in [-0.1, -0.05) is 12.1 Å². The third-order valence-electron chi connectivity index (χ3n) is 6.02. The maximum Gasteiger partial charge on any atom is 0.253 e. The number of imidazole rings is 1. The number of amides is 2. The van der Waals surface area contributed by atoms with Crippen LogP contribution in [0, 0.1) is 26.7 Å². The van der Waals surface area contributed by atoms with Crippen LogP contribution in [0.1, 0.15) is 46.1 Å². The van der Waals surface area contributed by atoms with Crippen molar-refractivity contribution in [3.63, 3.8) is 0 Å². The molecule has 1 unspecified atom stereocenters. The van der Waals surface area contributed by atoms with Crippen molar-refractivity contribution in [3.8, 4) is 0 Å². The zero-order chi connectivity index (χ0) is 22.8. The first kappa shape index (κ1) is 21.8. The lowest BCUT2D eigenvalue weighted by Gasteiger charge is -2.38. The second-order valence-corrected chi connectivity index (χ2v) is 8.68. The van der Waals surface area contributed by atoms with Crippen LogP contribution in [0.2, 0.25) is 0 Å². The summed E-state index contributed by atoms with van der Waals surface area (Å²) >= 11 is 0. The SMILES string of the molecule is Cc1cc(C)n(C(C)CNC(=O)C2CN(C(=O)c3cccc(Cn4ccnc4C)c3)C2)n1. The van der Waals surface area contributed by atoms with Gasteiger partial charge in [0.05, 0.1) is 17.7 Å². The third kappa shape index (κ3) is 4.59. The van der Waals surface area contributed by atoms with Gasteiger partial charge in [0.25, 0.3) is 5.91 Å². The van der Waals surface area contributed by atoms with Crippen molar-refractivity contribution >= 4 is 11.8 Å². The van der Waals surface area contributed by atoms with Crippen LogP contribution >= 0.6 is 0 Å². The number of aromatic nitrogens is 4. The van der Waals surface area contributed by atoms with Gasteiger partial charge in [-0.05, 0) is 51.5 Å². The molecule has 4 rings (SSSR count). The standard InChI is InChI=1S/C24H30N6O2/c1-16-10-17(2)30(27-16)18(3)12-26-23(31)22-14-29(15-22)24(32)21-7-5-6-20(11-21)13-28-9-8-25-19(28)4/h5-11,18,22H,12-15H2,1-4H3,(H,26,31). The van der Waals surface area contributed by atoms with E-state index < -0.39 is 0 Å². The highest BCUT2D eigenvalue weighted by molar-refractivity contribution is 5.96. The molecule has 0 radical (unpaired) electrons. The largest absolute Gasteiger partial charge is 0.354 e. The molecule has 8 nitrogen and oxygen atoms in total. The Labute approximate surface area is 188 Å². The summed E-state index contributed by atoms with van der Waals surface area (Å²) < 4.78 is 3.98. The van der Waals surface area contributed by atoms with Gasteiger partial charge in [-0.25, -0.2) is 4.98 Å². The Kier molecular flexibility index (Phi) is 6.12. The van der Waals surface area contributed by atoms with Gasteiger partial charge in [-0.3, -0.25) is 14.3 Å². The zero-order valence-corrected chi connectivity index (χ0v) is 19.1. The summed E-state index contributed by atoms with van der Waals surface area (Å²) in [6.45, 7) is 10.1. The van der Waals surface area contributed by atoms with E-state index in [1.54, 1.807) is 11.1 Å². The Bertz CT molecular complexity index is 1130. The molecule has 168 valence electrons. The summed E-state index contributed by atoms with van der Waals surface area (Å²) in [5.41, 5.74) is 3.75. The molecule has 1 aromatic carbocycles. The van der Waals surface area contributed by atoms with Crippen LogP contribution < -0.4 is 5.32 Å². The molecular formula is C24H30N6O2. The van der Waals surface area contributed by atoms with Crippen molar-refractivity contribution in [2.75, 3.05) is 19.6 Å². The minimum absolute atomic E-state index is 0.00763. The van der Waals surface area contributed by atoms with Crippen LogP contribution in [-0.2, 0) is 11.3 Å². The number of carbonyl (C=O) groups is 2. The molecule has 1 N–H and O–H groups in total. The van der Waals surface area contributed by atoms with E-state index in [-0.39, 0.29) is 23.8 Å². The highest BCUT2D eigenvalue weighted by Crippen LogP contribution is 2.20. The van der Waals surface area contributed by atoms with Gasteiger partial charge >= 0.3 is 0 Å². The van der Waals surface area contributed by atoms with E-state index in [0.717, 1.165) is 22.8 Å². The minimum atomic E-state index is -0.164. The van der Waals surface area contributed by atoms with Crippen molar-refractivity contribution in [2.24, 2.45) is 5.92 Å². The van der Waals surface area contributed by atoms with Gasteiger partial charge in [-0.2, -0.15) is 5.10 Å². The van der Waals surface area contributed by atoms with E-state index in [1.165, 1.54) is 0 Å². The molecule has 3 aromatic rings. The Morgan fingerprint density at radius 3 is 2.62 bits per heavy atom. The van der Waals surface area contributed by atoms with E-state index >= 15 is 0 Å². The number of carbonyl (C=O) groups excluding carboxylic acids is 2. The Morgan fingerprint density at radius 1 is 1.19 bits per heavy atom. The molecule has 2 aromatic heterocycles. The lowest BCUT2D eigenvalue weighted by atomic mass is 9.97. The molecule has 0 saturated carbocycles. The molecule has 1 aliphatic heterocycles. The van der Waals surface area contributed by atoms with Crippen molar-refractivity contribution in [1.29, 1.82) is 0 Å². The van der Waals surface area contributed by atoms with Gasteiger partial charge in [0.15, 0.2) is 0 Å². The topological polar surface area (TPSA) is 85.0 Å². The molecule has 0 bridgehead atoms. The normalized spacial score (nSPS) is 14.8. The first-order chi connectivity index (χ1) is 15.3. The number of rotatable bonds is 7. The lowest BCUT2D eigenvalue weighted by Crippen LogP contribution is -2.56. The van der Waals surface area contributed by atoms with Crippen molar-refractivity contribution in [1.82, 2.24) is 29.5 Å². The Balaban J connectivity index is 1.28. The summed E-state index contributed by atoms with van der Waals surface area (Å²) in [6, 6.07) is 9.76. The molecule has 0 spiro atoms. The monoisotopic (exact) mass is 434 g/mol. The zero-order valence-electron chi connectivity index (χ0n) is 19.1. The molecule has 3 heterocycles. The summed E-state index contributed by atoms with van der Waals surface area (Å²) in [5, 5.41) is 7.49. The quantitative estimate of drug-likeness (QED) is 0.619. The molecule has 8 heteroatoms. The second-order valence-electron chi connectivity index (χ2n) is 8.68. The van der Waals surface area contributed by atoms with Gasteiger partial charge in [0.1, 0.15) is 5.82 Å². The predicted molar refractivity (Wildman–Crippen MR) is 121 cm³/mol. The number of benzene rings is 1. The molecule has 32 heavy (non-hydrogen) atoms. The molecule has 1 atom stereocenters. The van der Waals surface area contributed by atoms with Crippen molar-refractivity contribution < 1.29 is 9.59 Å². The average molecular weight is 435 g/mol. The maximum atomic E-state index is 12.9. The molecule has 1 fully saturated rings. The van der Waals surface area contributed by atoms with Crippen LogP contribution in [0.25, 0.3) is 0 Å². The second kappa shape index (κ2) is 8.98. The molecule has 0 aliphatic carbocycles. The van der Waals surface area contributed by atoms with E-state index in [1.807, 2.05) is 73.5 Å². The van der Waals surface area contributed by atoms with Crippen LogP contribution in [0.5, 0.6) is 0 Å². The summed E-state index contributed by atoms with van der Waals surface area (Å²) in [4.78, 5) is 31.4. The Hall–Kier alpha value is -3.42. The van der Waals surface area contributed by atoms with Crippen LogP contribution in [0.4, 0.5) is 0 Å². The molecular weight excluding hydrogens is 404 g/mol. The van der Waals surface area contributed by atoms with E-state index in [9.17, 15) is 9.59 Å². The Morgan fingerprint density at radius 2 is 1.97 bits per heavy atom. The third-order valence-corrected chi connectivity index (χ3v) is 6.02. The van der Waals surface area contributed by atoms with Gasteiger partial charge in [-0.15, -0.1) is 0 Å². The number of nitrogens with one attached hydrogen (secondary N) is 1. The number of likely N-dealkylation sites (tertiary alicyclic amines) is 1. The predicted octanol–water partition coefficient (Wildman–Crippen LogP) is 2.50. The fraction of sp³-hybridized carbons (Fsp3) is 0.417. The van der Waals surface area contributed by atoms with Gasteiger partial charge in [0.2, 0.25) is 5.91 Å². The lowest BCUT2D eigenvalue weighted by molar-refractivity contribution is -0.129. The van der Waals surface area contributed by atoms with E-state index in [0.29, 0.717) is 31.7 Å². The summed E-state index contributed by atoms with van der Waals surface area (Å²) in [7, 11) is 0. The van der Waals surface area contributed by atoms with Crippen LogP contribution in [-0.4, -0.2) is 55.7 Å². The smallest absolute Gasteiger partial charge is 0.253 e. The number of nitrogens with zero attached hydrogens (tertiary/aromatic N) is 5. The minimum Gasteiger partial charge on any atom is -0.354 e. The molecule has 1 saturated heterocycles. The van der Waals surface area contributed by atoms with Crippen LogP contribution in [0.3, 0.4) is 0 Å². The van der Waals surface area contributed by atoms with E-state index in [4.69, 9.17) is 0 Å². The van der Waals surface area contributed by atoms with Crippen molar-refractivity contribution in [3.05, 3.63) is 71.1 Å². The van der Waals surface area contributed by atoms with Crippen LogP contribution in [0.15, 0.2) is 42.7 Å². The number of hydrogen-bond donors (Lipinski definition) is 1. The highest BCUT2D eigenvalue weighted by atomic mass is 16.2. The maximum absolute atomic E-state index is 12.9. The summed E-state index contributed by atoms with van der Waals surface area (Å²) in [6.07, 6.45) is 3.70. The fourth-order valence-electron chi connectivity index (χ4n) is 4.13. The van der Waals surface area contributed by atoms with Crippen molar-refractivity contribution in [2.45, 2.75) is 40.3 Å². The first-order valence-electron chi connectivity index (χ1n) is 11.0. The van der Waals surface area contributed by atoms with Gasteiger partial charge < -0.3 is 14.8 Å². The fourth-order valence-corrected chi connectivity index (χ4v) is 4.13. The highest BCUT2D eigenvalue weighted by Gasteiger charge is 2.36. The van der Waals surface area contributed by atoms with E-state index in [2.05, 4.69) is 15.4 Å². The molecule has 2 amide bonds. The average Bonchev–Trinajstić information content (AvgIpc) is 3.29.